The summed E-state index contributed by atoms with van der Waals surface area (Å²) in [6.07, 6.45) is 0. The lowest BCUT2D eigenvalue weighted by Crippen LogP contribution is -2.23. The Balaban J connectivity index is 1.81. The van der Waals surface area contributed by atoms with E-state index in [0.29, 0.717) is 12.0 Å². The zero-order valence-corrected chi connectivity index (χ0v) is 12.8. The molecule has 1 aromatic carbocycles. The molecule has 0 spiro atoms. The molecule has 1 atom stereocenters. The van der Waals surface area contributed by atoms with Crippen molar-refractivity contribution in [3.8, 4) is 0 Å². The minimum Gasteiger partial charge on any atom is -0.380 e. The summed E-state index contributed by atoms with van der Waals surface area (Å²) in [5, 5.41) is 4.86. The summed E-state index contributed by atoms with van der Waals surface area (Å²) in [4.78, 5) is 1.39. The van der Waals surface area contributed by atoms with E-state index < -0.39 is 0 Å². The Kier molecular flexibility index (Phi) is 5.37. The molecule has 1 N–H and O–H groups in total. The number of hydrogen-bond donors (Lipinski definition) is 1. The predicted octanol–water partition coefficient (Wildman–Crippen LogP) is 4.22. The van der Waals surface area contributed by atoms with E-state index in [1.54, 1.807) is 0 Å². The van der Waals surface area contributed by atoms with Crippen LogP contribution in [0.2, 0.25) is 0 Å². The third kappa shape index (κ3) is 4.30. The Bertz CT molecular complexity index is 473. The highest BCUT2D eigenvalue weighted by Gasteiger charge is 2.08. The van der Waals surface area contributed by atoms with E-state index in [-0.39, 0.29) is 0 Å². The first-order valence-corrected chi connectivity index (χ1v) is 7.78. The van der Waals surface area contributed by atoms with Crippen molar-refractivity contribution in [1.29, 1.82) is 0 Å². The molecule has 2 aromatic rings. The summed E-state index contributed by atoms with van der Waals surface area (Å²) in [5.41, 5.74) is 0. The van der Waals surface area contributed by atoms with E-state index in [0.717, 1.165) is 19.8 Å². The topological polar surface area (TPSA) is 21.3 Å². The molecule has 0 aliphatic heterocycles. The van der Waals surface area contributed by atoms with Crippen LogP contribution in [0.1, 0.15) is 31.7 Å². The van der Waals surface area contributed by atoms with E-state index in [4.69, 9.17) is 4.74 Å². The Morgan fingerprint density at radius 3 is 2.74 bits per heavy atom. The molecule has 19 heavy (non-hydrogen) atoms. The molecule has 2 nitrogen and oxygen atoms in total. The fourth-order valence-corrected chi connectivity index (χ4v) is 3.07. The number of rotatable bonds is 7. The number of ether oxygens (including phenoxy) is 1. The van der Waals surface area contributed by atoms with Gasteiger partial charge in [0.2, 0.25) is 0 Å². The van der Waals surface area contributed by atoms with Crippen LogP contribution >= 0.6 is 11.3 Å². The van der Waals surface area contributed by atoms with Crippen molar-refractivity contribution in [2.24, 2.45) is 5.92 Å². The van der Waals surface area contributed by atoms with Crippen molar-refractivity contribution in [2.75, 3.05) is 19.8 Å². The maximum absolute atomic E-state index is 5.58. The summed E-state index contributed by atoms with van der Waals surface area (Å²) in [6.45, 7) is 9.10. The number of thiophene rings is 1. The molecule has 0 aliphatic rings. The Labute approximate surface area is 119 Å². The fraction of sp³-hybridized carbons (Fsp3) is 0.500. The van der Waals surface area contributed by atoms with Crippen molar-refractivity contribution in [3.05, 3.63) is 35.2 Å². The maximum atomic E-state index is 5.58. The highest BCUT2D eigenvalue weighted by atomic mass is 32.1. The second kappa shape index (κ2) is 7.04. The van der Waals surface area contributed by atoms with Gasteiger partial charge in [0.05, 0.1) is 6.61 Å². The molecule has 0 aliphatic carbocycles. The molecule has 104 valence electrons. The Morgan fingerprint density at radius 2 is 2.00 bits per heavy atom. The number of nitrogens with one attached hydrogen (secondary N) is 1. The van der Waals surface area contributed by atoms with Gasteiger partial charge in [-0.25, -0.2) is 0 Å². The Morgan fingerprint density at radius 1 is 1.21 bits per heavy atom. The summed E-state index contributed by atoms with van der Waals surface area (Å²) in [6, 6.07) is 11.2. The zero-order chi connectivity index (χ0) is 13.7. The molecule has 1 heterocycles. The van der Waals surface area contributed by atoms with E-state index in [2.05, 4.69) is 56.4 Å². The minimum atomic E-state index is 0.389. The molecule has 0 fully saturated rings. The normalized spacial score (nSPS) is 13.3. The van der Waals surface area contributed by atoms with Crippen LogP contribution in [0, 0.1) is 5.92 Å². The van der Waals surface area contributed by atoms with E-state index in [1.807, 2.05) is 11.3 Å². The first-order valence-electron chi connectivity index (χ1n) is 6.96. The quantitative estimate of drug-likeness (QED) is 0.765. The largest absolute Gasteiger partial charge is 0.380 e. The number of benzene rings is 1. The van der Waals surface area contributed by atoms with Gasteiger partial charge in [-0.3, -0.25) is 0 Å². The molecular weight excluding hydrogens is 254 g/mol. The summed E-state index contributed by atoms with van der Waals surface area (Å²) < 4.78 is 6.94. The monoisotopic (exact) mass is 277 g/mol. The molecule has 1 unspecified atom stereocenters. The third-order valence-corrected chi connectivity index (χ3v) is 4.32. The van der Waals surface area contributed by atoms with Crippen molar-refractivity contribution in [2.45, 2.75) is 26.8 Å². The van der Waals surface area contributed by atoms with Gasteiger partial charge in [-0.2, -0.15) is 0 Å². The smallest absolute Gasteiger partial charge is 0.0591 e. The second-order valence-corrected chi connectivity index (χ2v) is 6.45. The third-order valence-electron chi connectivity index (χ3n) is 3.02. The number of fused-ring (bicyclic) bond motifs is 1. The molecule has 2 rings (SSSR count). The first kappa shape index (κ1) is 14.5. The van der Waals surface area contributed by atoms with Gasteiger partial charge in [-0.1, -0.05) is 32.0 Å². The Hall–Kier alpha value is -0.900. The average molecular weight is 277 g/mol. The zero-order valence-electron chi connectivity index (χ0n) is 12.0. The van der Waals surface area contributed by atoms with Gasteiger partial charge >= 0.3 is 0 Å². The van der Waals surface area contributed by atoms with Crippen molar-refractivity contribution >= 4 is 21.4 Å². The van der Waals surface area contributed by atoms with Gasteiger partial charge in [0, 0.05) is 28.8 Å². The van der Waals surface area contributed by atoms with Crippen LogP contribution in [0.4, 0.5) is 0 Å². The van der Waals surface area contributed by atoms with Gasteiger partial charge in [-0.15, -0.1) is 11.3 Å². The molecule has 0 amide bonds. The van der Waals surface area contributed by atoms with Crippen molar-refractivity contribution < 1.29 is 4.74 Å². The van der Waals surface area contributed by atoms with Crippen LogP contribution in [0.25, 0.3) is 10.1 Å². The van der Waals surface area contributed by atoms with E-state index >= 15 is 0 Å². The van der Waals surface area contributed by atoms with Crippen LogP contribution in [0.5, 0.6) is 0 Å². The van der Waals surface area contributed by atoms with E-state index in [1.165, 1.54) is 15.0 Å². The number of hydrogen-bond acceptors (Lipinski definition) is 3. The lowest BCUT2D eigenvalue weighted by molar-refractivity contribution is 0.110. The standard InChI is InChI=1S/C16H23NOS/c1-12(2)11-18-9-8-17-13(3)16-10-14-6-4-5-7-15(14)19-16/h4-7,10,12-13,17H,8-9,11H2,1-3H3. The van der Waals surface area contributed by atoms with Gasteiger partial charge in [0.1, 0.15) is 0 Å². The SMILES string of the molecule is CC(C)COCCNC(C)c1cc2ccccc2s1. The summed E-state index contributed by atoms with van der Waals surface area (Å²) in [5.74, 6) is 0.611. The van der Waals surface area contributed by atoms with Crippen LogP contribution in [-0.4, -0.2) is 19.8 Å². The molecule has 0 saturated heterocycles. The molecular formula is C16H23NOS. The lowest BCUT2D eigenvalue weighted by atomic mass is 10.2. The minimum absolute atomic E-state index is 0.389. The summed E-state index contributed by atoms with van der Waals surface area (Å²) in [7, 11) is 0. The lowest BCUT2D eigenvalue weighted by Gasteiger charge is -2.12. The molecule has 3 heteroatoms. The molecule has 1 aromatic heterocycles. The fourth-order valence-electron chi connectivity index (χ4n) is 1.98. The van der Waals surface area contributed by atoms with Crippen LogP contribution in [0.15, 0.2) is 30.3 Å². The van der Waals surface area contributed by atoms with Crippen LogP contribution < -0.4 is 5.32 Å². The van der Waals surface area contributed by atoms with Crippen molar-refractivity contribution in [3.63, 3.8) is 0 Å². The molecule has 0 bridgehead atoms. The summed E-state index contributed by atoms with van der Waals surface area (Å²) >= 11 is 1.87. The highest BCUT2D eigenvalue weighted by molar-refractivity contribution is 7.19. The van der Waals surface area contributed by atoms with Gasteiger partial charge in [-0.05, 0) is 30.4 Å². The van der Waals surface area contributed by atoms with Crippen molar-refractivity contribution in [1.82, 2.24) is 5.32 Å². The van der Waals surface area contributed by atoms with Gasteiger partial charge in [0.25, 0.3) is 0 Å². The van der Waals surface area contributed by atoms with E-state index in [9.17, 15) is 0 Å². The van der Waals surface area contributed by atoms with Gasteiger partial charge < -0.3 is 10.1 Å². The van der Waals surface area contributed by atoms with Gasteiger partial charge in [0.15, 0.2) is 0 Å². The molecule has 0 saturated carbocycles. The second-order valence-electron chi connectivity index (χ2n) is 5.33. The average Bonchev–Trinajstić information content (AvgIpc) is 2.81. The van der Waals surface area contributed by atoms with Crippen LogP contribution in [0.3, 0.4) is 0 Å². The maximum Gasteiger partial charge on any atom is 0.0591 e. The predicted molar refractivity (Wildman–Crippen MR) is 83.9 cm³/mol. The van der Waals surface area contributed by atoms with Crippen LogP contribution in [-0.2, 0) is 4.74 Å². The highest BCUT2D eigenvalue weighted by Crippen LogP contribution is 2.29. The molecule has 0 radical (unpaired) electrons. The first-order chi connectivity index (χ1) is 9.16.